The van der Waals surface area contributed by atoms with E-state index >= 15 is 0 Å². The van der Waals surface area contributed by atoms with Gasteiger partial charge in [-0.25, -0.2) is 9.97 Å². The quantitative estimate of drug-likeness (QED) is 0.614. The smallest absolute Gasteiger partial charge is 0.169 e. The molecule has 98 valence electrons. The number of aromatic nitrogens is 3. The van der Waals surface area contributed by atoms with Crippen LogP contribution in [0.15, 0.2) is 23.6 Å². The van der Waals surface area contributed by atoms with Crippen LogP contribution in [0.25, 0.3) is 5.65 Å². The lowest BCUT2D eigenvalue weighted by Gasteiger charge is -2.07. The van der Waals surface area contributed by atoms with Gasteiger partial charge in [-0.3, -0.25) is 0 Å². The molecule has 0 saturated carbocycles. The topological polar surface area (TPSA) is 42.2 Å². The van der Waals surface area contributed by atoms with E-state index in [1.807, 2.05) is 23.0 Å². The lowest BCUT2D eigenvalue weighted by Crippen LogP contribution is -2.02. The standard InChI is InChI=1S/C13H20N4S/c1-3-5-6-9-18-13-12-15-7-8-17(12)10-11(16-13)14-4-2/h7-8,10,14H,3-6,9H2,1-2H3. The number of unbranched alkanes of at least 4 members (excludes halogenated alkanes) is 2. The summed E-state index contributed by atoms with van der Waals surface area (Å²) in [5, 5.41) is 4.28. The summed E-state index contributed by atoms with van der Waals surface area (Å²) < 4.78 is 2.03. The molecular formula is C13H20N4S. The van der Waals surface area contributed by atoms with E-state index in [2.05, 4.69) is 29.1 Å². The van der Waals surface area contributed by atoms with Gasteiger partial charge in [0, 0.05) is 18.9 Å². The lowest BCUT2D eigenvalue weighted by molar-refractivity contribution is 0.778. The van der Waals surface area contributed by atoms with Gasteiger partial charge in [-0.15, -0.1) is 11.8 Å². The summed E-state index contributed by atoms with van der Waals surface area (Å²) in [5.41, 5.74) is 0.957. The molecule has 0 radical (unpaired) electrons. The minimum Gasteiger partial charge on any atom is -0.369 e. The van der Waals surface area contributed by atoms with Gasteiger partial charge in [-0.2, -0.15) is 0 Å². The summed E-state index contributed by atoms with van der Waals surface area (Å²) in [5.74, 6) is 2.03. The molecule has 2 heterocycles. The predicted octanol–water partition coefficient (Wildman–Crippen LogP) is 3.44. The van der Waals surface area contributed by atoms with E-state index in [4.69, 9.17) is 0 Å². The van der Waals surface area contributed by atoms with E-state index in [1.54, 1.807) is 11.8 Å². The number of nitrogens with one attached hydrogen (secondary N) is 1. The van der Waals surface area contributed by atoms with E-state index in [-0.39, 0.29) is 0 Å². The van der Waals surface area contributed by atoms with Crippen LogP contribution in [-0.4, -0.2) is 26.7 Å². The molecule has 1 N–H and O–H groups in total. The van der Waals surface area contributed by atoms with Crippen LogP contribution in [0.1, 0.15) is 33.1 Å². The zero-order valence-electron chi connectivity index (χ0n) is 11.0. The average Bonchev–Trinajstić information content (AvgIpc) is 2.83. The monoisotopic (exact) mass is 264 g/mol. The molecule has 4 nitrogen and oxygen atoms in total. The van der Waals surface area contributed by atoms with Gasteiger partial charge >= 0.3 is 0 Å². The number of imidazole rings is 1. The Kier molecular flexibility index (Phi) is 4.87. The molecule has 2 aromatic heterocycles. The Hall–Kier alpha value is -1.23. The van der Waals surface area contributed by atoms with Crippen molar-refractivity contribution in [2.45, 2.75) is 38.1 Å². The second-order valence-electron chi connectivity index (χ2n) is 4.18. The molecule has 0 amide bonds. The third-order valence-electron chi connectivity index (χ3n) is 2.69. The normalized spacial score (nSPS) is 11.0. The summed E-state index contributed by atoms with van der Waals surface area (Å²) in [7, 11) is 0. The molecule has 0 bridgehead atoms. The molecule has 5 heteroatoms. The minimum atomic E-state index is 0.882. The molecule has 0 aliphatic carbocycles. The van der Waals surface area contributed by atoms with Crippen LogP contribution in [0.3, 0.4) is 0 Å². The number of thioether (sulfide) groups is 1. The molecule has 0 aliphatic rings. The third kappa shape index (κ3) is 3.16. The van der Waals surface area contributed by atoms with Gasteiger partial charge < -0.3 is 9.72 Å². The van der Waals surface area contributed by atoms with Crippen molar-refractivity contribution in [1.29, 1.82) is 0 Å². The largest absolute Gasteiger partial charge is 0.369 e. The molecule has 0 aliphatic heterocycles. The Bertz CT molecular complexity index is 495. The van der Waals surface area contributed by atoms with E-state index in [0.717, 1.165) is 28.8 Å². The van der Waals surface area contributed by atoms with Crippen LogP contribution >= 0.6 is 11.8 Å². The fourth-order valence-electron chi connectivity index (χ4n) is 1.79. The molecule has 2 aromatic rings. The Morgan fingerprint density at radius 2 is 2.22 bits per heavy atom. The van der Waals surface area contributed by atoms with Crippen molar-refractivity contribution >= 4 is 23.2 Å². The van der Waals surface area contributed by atoms with E-state index < -0.39 is 0 Å². The highest BCUT2D eigenvalue weighted by atomic mass is 32.2. The van der Waals surface area contributed by atoms with Crippen molar-refractivity contribution in [1.82, 2.24) is 14.4 Å². The molecular weight excluding hydrogens is 244 g/mol. The second kappa shape index (κ2) is 6.64. The first-order chi connectivity index (χ1) is 8.85. The van der Waals surface area contributed by atoms with E-state index in [9.17, 15) is 0 Å². The van der Waals surface area contributed by atoms with Crippen LogP contribution < -0.4 is 5.32 Å². The van der Waals surface area contributed by atoms with Crippen LogP contribution in [-0.2, 0) is 0 Å². The highest BCUT2D eigenvalue weighted by Crippen LogP contribution is 2.23. The van der Waals surface area contributed by atoms with Crippen molar-refractivity contribution < 1.29 is 0 Å². The number of anilines is 1. The van der Waals surface area contributed by atoms with Crippen molar-refractivity contribution in [2.75, 3.05) is 17.6 Å². The summed E-state index contributed by atoms with van der Waals surface area (Å²) in [4.78, 5) is 9.00. The van der Waals surface area contributed by atoms with Gasteiger partial charge in [0.05, 0.1) is 6.20 Å². The molecule has 0 unspecified atom stereocenters. The Morgan fingerprint density at radius 3 is 3.00 bits per heavy atom. The number of fused-ring (bicyclic) bond motifs is 1. The average molecular weight is 264 g/mol. The van der Waals surface area contributed by atoms with Crippen molar-refractivity contribution in [2.24, 2.45) is 0 Å². The van der Waals surface area contributed by atoms with Gasteiger partial charge in [-0.1, -0.05) is 19.8 Å². The highest BCUT2D eigenvalue weighted by molar-refractivity contribution is 7.99. The molecule has 0 aromatic carbocycles. The zero-order chi connectivity index (χ0) is 12.8. The van der Waals surface area contributed by atoms with Gasteiger partial charge in [0.1, 0.15) is 10.8 Å². The first-order valence-electron chi connectivity index (χ1n) is 6.55. The van der Waals surface area contributed by atoms with E-state index in [1.165, 1.54) is 19.3 Å². The van der Waals surface area contributed by atoms with Crippen LogP contribution in [0, 0.1) is 0 Å². The maximum Gasteiger partial charge on any atom is 0.169 e. The lowest BCUT2D eigenvalue weighted by atomic mass is 10.3. The molecule has 0 fully saturated rings. The number of rotatable bonds is 7. The zero-order valence-corrected chi connectivity index (χ0v) is 11.8. The Labute approximate surface area is 112 Å². The predicted molar refractivity (Wildman–Crippen MR) is 77.4 cm³/mol. The van der Waals surface area contributed by atoms with Gasteiger partial charge in [0.15, 0.2) is 5.65 Å². The van der Waals surface area contributed by atoms with Crippen molar-refractivity contribution in [3.05, 3.63) is 18.6 Å². The Balaban J connectivity index is 2.15. The molecule has 0 atom stereocenters. The minimum absolute atomic E-state index is 0.882. The fourth-order valence-corrected chi connectivity index (χ4v) is 2.78. The van der Waals surface area contributed by atoms with Gasteiger partial charge in [-0.05, 0) is 19.1 Å². The SMILES string of the molecule is CCCCCSc1nc(NCC)cn2ccnc12. The number of hydrogen-bond acceptors (Lipinski definition) is 4. The van der Waals surface area contributed by atoms with Gasteiger partial charge in [0.25, 0.3) is 0 Å². The second-order valence-corrected chi connectivity index (χ2v) is 5.26. The Morgan fingerprint density at radius 1 is 1.33 bits per heavy atom. The molecule has 18 heavy (non-hydrogen) atoms. The van der Waals surface area contributed by atoms with Crippen LogP contribution in [0.2, 0.25) is 0 Å². The number of hydrogen-bond donors (Lipinski definition) is 1. The first kappa shape index (κ1) is 13.2. The third-order valence-corrected chi connectivity index (χ3v) is 3.73. The van der Waals surface area contributed by atoms with Crippen LogP contribution in [0.4, 0.5) is 5.82 Å². The summed E-state index contributed by atoms with van der Waals surface area (Å²) in [6.45, 7) is 5.18. The fraction of sp³-hybridized carbons (Fsp3) is 0.538. The van der Waals surface area contributed by atoms with E-state index in [0.29, 0.717) is 0 Å². The summed E-state index contributed by atoms with van der Waals surface area (Å²) >= 11 is 1.80. The maximum absolute atomic E-state index is 4.63. The number of nitrogens with zero attached hydrogens (tertiary/aromatic N) is 3. The summed E-state index contributed by atoms with van der Waals surface area (Å²) in [6, 6.07) is 0. The van der Waals surface area contributed by atoms with Crippen molar-refractivity contribution in [3.63, 3.8) is 0 Å². The first-order valence-corrected chi connectivity index (χ1v) is 7.54. The molecule has 2 rings (SSSR count). The molecule has 0 spiro atoms. The molecule has 0 saturated heterocycles. The highest BCUT2D eigenvalue weighted by Gasteiger charge is 2.07. The summed E-state index contributed by atoms with van der Waals surface area (Å²) in [6.07, 6.45) is 9.55. The van der Waals surface area contributed by atoms with Crippen LogP contribution in [0.5, 0.6) is 0 Å². The van der Waals surface area contributed by atoms with Gasteiger partial charge in [0.2, 0.25) is 0 Å². The van der Waals surface area contributed by atoms with Crippen molar-refractivity contribution in [3.8, 4) is 0 Å². The maximum atomic E-state index is 4.63.